The molecule has 1 atom stereocenters. The molecule has 1 aliphatic rings. The summed E-state index contributed by atoms with van der Waals surface area (Å²) < 4.78 is 23.3. The quantitative estimate of drug-likeness (QED) is 0.260. The third-order valence-corrected chi connectivity index (χ3v) is 7.02. The molecule has 2 aromatic carbocycles. The van der Waals surface area contributed by atoms with E-state index in [1.807, 2.05) is 27.7 Å². The minimum Gasteiger partial charge on any atom is -0.507 e. The zero-order valence-corrected chi connectivity index (χ0v) is 22.5. The monoisotopic (exact) mass is 498 g/mol. The second-order valence-corrected chi connectivity index (χ2v) is 9.63. The van der Waals surface area contributed by atoms with Gasteiger partial charge < -0.3 is 24.1 Å². The molecule has 3 rings (SSSR count). The number of esters is 1. The number of aromatic hydroxyl groups is 1. The lowest BCUT2D eigenvalue weighted by Crippen LogP contribution is -2.45. The third kappa shape index (κ3) is 5.30. The molecule has 1 unspecified atom stereocenters. The Morgan fingerprint density at radius 3 is 2.42 bits per heavy atom. The number of ether oxygens (including phenoxy) is 4. The van der Waals surface area contributed by atoms with Crippen LogP contribution in [-0.2, 0) is 22.4 Å². The molecule has 0 aromatic heterocycles. The first-order valence-electron chi connectivity index (χ1n) is 12.6. The van der Waals surface area contributed by atoms with Crippen LogP contribution < -0.4 is 14.2 Å². The van der Waals surface area contributed by atoms with Crippen LogP contribution in [-0.4, -0.2) is 42.8 Å². The molecule has 7 nitrogen and oxygen atoms in total. The fourth-order valence-corrected chi connectivity index (χ4v) is 4.75. The molecule has 36 heavy (non-hydrogen) atoms. The standard InChI is InChI=1S/C29H38O7/c1-8-10-23-24(12-11-22(20(5)30)25(23)31)34-15-9-16-35-26-17(2)18(3)27-21(19(26)4)13-14-29(6,36-27)28(32)33-7/h11-12,31H,8-10,13-16H2,1-7H3. The van der Waals surface area contributed by atoms with Crippen LogP contribution in [0.5, 0.6) is 23.0 Å². The highest BCUT2D eigenvalue weighted by Gasteiger charge is 2.41. The molecule has 1 heterocycles. The fourth-order valence-electron chi connectivity index (χ4n) is 4.75. The summed E-state index contributed by atoms with van der Waals surface area (Å²) in [6.45, 7) is 12.1. The molecule has 0 spiro atoms. The van der Waals surface area contributed by atoms with Crippen molar-refractivity contribution in [3.8, 4) is 23.0 Å². The summed E-state index contributed by atoms with van der Waals surface area (Å²) in [6, 6.07) is 3.37. The number of benzene rings is 2. The Balaban J connectivity index is 1.68. The van der Waals surface area contributed by atoms with Gasteiger partial charge >= 0.3 is 5.97 Å². The van der Waals surface area contributed by atoms with Crippen LogP contribution in [0.25, 0.3) is 0 Å². The maximum atomic E-state index is 12.3. The number of Topliss-reactive ketones (excluding diaryl/α,β-unsaturated/α-hetero) is 1. The predicted octanol–water partition coefficient (Wildman–Crippen LogP) is 5.58. The first-order valence-corrected chi connectivity index (χ1v) is 12.6. The largest absolute Gasteiger partial charge is 0.507 e. The average Bonchev–Trinajstić information content (AvgIpc) is 2.85. The topological polar surface area (TPSA) is 91.3 Å². The highest BCUT2D eigenvalue weighted by Crippen LogP contribution is 2.44. The van der Waals surface area contributed by atoms with Gasteiger partial charge in [0.25, 0.3) is 0 Å². The molecule has 0 saturated heterocycles. The SMILES string of the molecule is CCCc1c(OCCCOc2c(C)c(C)c3c(c2C)CCC(C)(C(=O)OC)O3)ccc(C(C)=O)c1O. The van der Waals surface area contributed by atoms with Crippen molar-refractivity contribution >= 4 is 11.8 Å². The van der Waals surface area contributed by atoms with Crippen LogP contribution in [0.1, 0.15) is 78.2 Å². The summed E-state index contributed by atoms with van der Waals surface area (Å²) in [5.74, 6) is 1.66. The second-order valence-electron chi connectivity index (χ2n) is 9.63. The predicted molar refractivity (Wildman–Crippen MR) is 138 cm³/mol. The Bertz CT molecular complexity index is 1150. The molecule has 196 valence electrons. The molecule has 0 saturated carbocycles. The van der Waals surface area contributed by atoms with E-state index in [4.69, 9.17) is 18.9 Å². The van der Waals surface area contributed by atoms with Crippen LogP contribution in [0, 0.1) is 20.8 Å². The Hall–Kier alpha value is -3.22. The smallest absolute Gasteiger partial charge is 0.349 e. The van der Waals surface area contributed by atoms with Gasteiger partial charge in [-0.25, -0.2) is 4.79 Å². The van der Waals surface area contributed by atoms with Gasteiger partial charge in [-0.15, -0.1) is 0 Å². The van der Waals surface area contributed by atoms with E-state index in [0.717, 1.165) is 40.2 Å². The third-order valence-electron chi connectivity index (χ3n) is 7.02. The highest BCUT2D eigenvalue weighted by atomic mass is 16.6. The lowest BCUT2D eigenvalue weighted by molar-refractivity contribution is -0.159. The van der Waals surface area contributed by atoms with E-state index in [-0.39, 0.29) is 17.5 Å². The minimum absolute atomic E-state index is 0.0133. The van der Waals surface area contributed by atoms with E-state index in [2.05, 4.69) is 0 Å². The Labute approximate surface area is 213 Å². The van der Waals surface area contributed by atoms with Gasteiger partial charge in [-0.1, -0.05) is 13.3 Å². The molecule has 7 heteroatoms. The first kappa shape index (κ1) is 27.4. The Kier molecular flexibility index (Phi) is 8.54. The van der Waals surface area contributed by atoms with E-state index < -0.39 is 5.60 Å². The van der Waals surface area contributed by atoms with Crippen molar-refractivity contribution in [2.45, 2.75) is 79.2 Å². The van der Waals surface area contributed by atoms with Crippen LogP contribution in [0.2, 0.25) is 0 Å². The number of hydrogen-bond donors (Lipinski definition) is 1. The van der Waals surface area contributed by atoms with Gasteiger partial charge in [0.15, 0.2) is 5.78 Å². The zero-order valence-electron chi connectivity index (χ0n) is 22.5. The van der Waals surface area contributed by atoms with Gasteiger partial charge in [0.05, 0.1) is 25.9 Å². The van der Waals surface area contributed by atoms with Gasteiger partial charge in [0.2, 0.25) is 5.60 Å². The average molecular weight is 499 g/mol. The van der Waals surface area contributed by atoms with E-state index in [9.17, 15) is 14.7 Å². The first-order chi connectivity index (χ1) is 17.1. The van der Waals surface area contributed by atoms with Crippen molar-refractivity contribution in [2.24, 2.45) is 0 Å². The van der Waals surface area contributed by atoms with Gasteiger partial charge in [-0.3, -0.25) is 4.79 Å². The molecule has 1 N–H and O–H groups in total. The maximum Gasteiger partial charge on any atom is 0.349 e. The van der Waals surface area contributed by atoms with Gasteiger partial charge in [-0.05, 0) is 76.3 Å². The summed E-state index contributed by atoms with van der Waals surface area (Å²) >= 11 is 0. The lowest BCUT2D eigenvalue weighted by atomic mass is 9.87. The summed E-state index contributed by atoms with van der Waals surface area (Å²) in [4.78, 5) is 24.0. The molecule has 0 amide bonds. The summed E-state index contributed by atoms with van der Waals surface area (Å²) in [7, 11) is 1.38. The molecule has 0 fully saturated rings. The van der Waals surface area contributed by atoms with Gasteiger partial charge in [-0.2, -0.15) is 0 Å². The number of methoxy groups -OCH3 is 1. The van der Waals surface area contributed by atoms with E-state index in [1.165, 1.54) is 14.0 Å². The van der Waals surface area contributed by atoms with E-state index in [0.29, 0.717) is 55.8 Å². The van der Waals surface area contributed by atoms with Crippen molar-refractivity contribution in [1.29, 1.82) is 0 Å². The zero-order chi connectivity index (χ0) is 26.6. The fraction of sp³-hybridized carbons (Fsp3) is 0.517. The van der Waals surface area contributed by atoms with Crippen LogP contribution in [0.3, 0.4) is 0 Å². The van der Waals surface area contributed by atoms with Crippen molar-refractivity contribution in [3.05, 3.63) is 45.5 Å². The summed E-state index contributed by atoms with van der Waals surface area (Å²) in [6.07, 6.45) is 3.34. The Morgan fingerprint density at radius 2 is 1.78 bits per heavy atom. The number of rotatable bonds is 10. The Morgan fingerprint density at radius 1 is 1.08 bits per heavy atom. The molecule has 0 bridgehead atoms. The number of carbonyl (C=O) groups is 2. The van der Waals surface area contributed by atoms with Crippen LogP contribution >= 0.6 is 0 Å². The second kappa shape index (κ2) is 11.2. The normalized spacial score (nSPS) is 16.6. The summed E-state index contributed by atoms with van der Waals surface area (Å²) in [5, 5.41) is 10.5. The maximum absolute atomic E-state index is 12.3. The summed E-state index contributed by atoms with van der Waals surface area (Å²) in [5.41, 5.74) is 4.03. The van der Waals surface area contributed by atoms with Crippen molar-refractivity contribution in [3.63, 3.8) is 0 Å². The molecule has 0 radical (unpaired) electrons. The van der Waals surface area contributed by atoms with Gasteiger partial charge in [0, 0.05) is 24.0 Å². The van der Waals surface area contributed by atoms with Crippen molar-refractivity contribution < 1.29 is 33.6 Å². The highest BCUT2D eigenvalue weighted by molar-refractivity contribution is 5.97. The minimum atomic E-state index is -0.987. The van der Waals surface area contributed by atoms with E-state index >= 15 is 0 Å². The van der Waals surface area contributed by atoms with E-state index in [1.54, 1.807) is 19.1 Å². The molecular weight excluding hydrogens is 460 g/mol. The van der Waals surface area contributed by atoms with Crippen molar-refractivity contribution in [1.82, 2.24) is 0 Å². The number of carbonyl (C=O) groups excluding carboxylic acids is 2. The van der Waals surface area contributed by atoms with Crippen molar-refractivity contribution in [2.75, 3.05) is 20.3 Å². The number of ketones is 1. The number of fused-ring (bicyclic) bond motifs is 1. The van der Waals surface area contributed by atoms with Crippen LogP contribution in [0.15, 0.2) is 12.1 Å². The number of phenols is 1. The molecule has 0 aliphatic carbocycles. The van der Waals surface area contributed by atoms with Gasteiger partial charge in [0.1, 0.15) is 23.0 Å². The molecular formula is C29H38O7. The number of phenolic OH excluding ortho intramolecular Hbond substituents is 1. The molecule has 2 aromatic rings. The number of hydrogen-bond acceptors (Lipinski definition) is 7. The van der Waals surface area contributed by atoms with Crippen LogP contribution in [0.4, 0.5) is 0 Å². The lowest BCUT2D eigenvalue weighted by Gasteiger charge is -2.36. The molecule has 1 aliphatic heterocycles.